The second-order valence-electron chi connectivity index (χ2n) is 5.59. The molecule has 0 saturated heterocycles. The Kier molecular flexibility index (Phi) is 6.38. The summed E-state index contributed by atoms with van der Waals surface area (Å²) >= 11 is 5.91. The third-order valence-corrected chi connectivity index (χ3v) is 4.12. The van der Waals surface area contributed by atoms with Crippen LogP contribution >= 0.6 is 11.6 Å². The van der Waals surface area contributed by atoms with Crippen LogP contribution in [0.2, 0.25) is 5.02 Å². The molecule has 0 saturated carbocycles. The fourth-order valence-corrected chi connectivity index (χ4v) is 2.70. The Morgan fingerprint density at radius 2 is 1.67 bits per heavy atom. The standard InChI is InChI=1S/C19H21ClN2O2/c1-14(23)22(13-16-8-10-17(20)11-9-16)18(19(24)21-2)12-15-6-4-3-5-7-15/h3-11,18H,12-13H2,1-2H3,(H,21,24). The molecule has 4 nitrogen and oxygen atoms in total. The Morgan fingerprint density at radius 1 is 1.04 bits per heavy atom. The van der Waals surface area contributed by atoms with Crippen LogP contribution in [0.1, 0.15) is 18.1 Å². The monoisotopic (exact) mass is 344 g/mol. The maximum absolute atomic E-state index is 12.4. The molecule has 0 aliphatic rings. The van der Waals surface area contributed by atoms with E-state index in [4.69, 9.17) is 11.6 Å². The normalized spacial score (nSPS) is 11.6. The summed E-state index contributed by atoms with van der Waals surface area (Å²) in [7, 11) is 1.58. The molecule has 0 fully saturated rings. The molecule has 0 aliphatic carbocycles. The zero-order valence-electron chi connectivity index (χ0n) is 13.8. The van der Waals surface area contributed by atoms with Gasteiger partial charge in [-0.05, 0) is 23.3 Å². The second-order valence-corrected chi connectivity index (χ2v) is 6.03. The summed E-state index contributed by atoms with van der Waals surface area (Å²) in [4.78, 5) is 26.2. The minimum atomic E-state index is -0.564. The van der Waals surface area contributed by atoms with E-state index in [2.05, 4.69) is 5.32 Å². The number of halogens is 1. The van der Waals surface area contributed by atoms with Gasteiger partial charge in [-0.2, -0.15) is 0 Å². The van der Waals surface area contributed by atoms with Crippen molar-refractivity contribution in [3.8, 4) is 0 Å². The van der Waals surface area contributed by atoms with Crippen molar-refractivity contribution in [2.24, 2.45) is 0 Å². The van der Waals surface area contributed by atoms with Gasteiger partial charge in [0.1, 0.15) is 6.04 Å². The first-order valence-electron chi connectivity index (χ1n) is 7.78. The van der Waals surface area contributed by atoms with E-state index in [0.29, 0.717) is 18.0 Å². The van der Waals surface area contributed by atoms with Crippen LogP contribution in [0.5, 0.6) is 0 Å². The largest absolute Gasteiger partial charge is 0.357 e. The molecule has 2 rings (SSSR count). The summed E-state index contributed by atoms with van der Waals surface area (Å²) in [5, 5.41) is 3.30. The van der Waals surface area contributed by atoms with Crippen molar-refractivity contribution in [3.63, 3.8) is 0 Å². The van der Waals surface area contributed by atoms with E-state index < -0.39 is 6.04 Å². The summed E-state index contributed by atoms with van der Waals surface area (Å²) < 4.78 is 0. The quantitative estimate of drug-likeness (QED) is 0.875. The highest BCUT2D eigenvalue weighted by Gasteiger charge is 2.27. The third kappa shape index (κ3) is 4.83. The van der Waals surface area contributed by atoms with Crippen molar-refractivity contribution in [1.82, 2.24) is 10.2 Å². The highest BCUT2D eigenvalue weighted by molar-refractivity contribution is 6.30. The highest BCUT2D eigenvalue weighted by Crippen LogP contribution is 2.16. The summed E-state index contributed by atoms with van der Waals surface area (Å²) in [5.41, 5.74) is 1.94. The first-order valence-corrected chi connectivity index (χ1v) is 8.16. The number of hydrogen-bond acceptors (Lipinski definition) is 2. The van der Waals surface area contributed by atoms with E-state index in [-0.39, 0.29) is 11.8 Å². The Labute approximate surface area is 147 Å². The van der Waals surface area contributed by atoms with E-state index >= 15 is 0 Å². The van der Waals surface area contributed by atoms with Gasteiger partial charge >= 0.3 is 0 Å². The van der Waals surface area contributed by atoms with Crippen molar-refractivity contribution in [2.75, 3.05) is 7.05 Å². The summed E-state index contributed by atoms with van der Waals surface area (Å²) in [6.45, 7) is 1.84. The molecule has 126 valence electrons. The summed E-state index contributed by atoms with van der Waals surface area (Å²) in [5.74, 6) is -0.322. The van der Waals surface area contributed by atoms with E-state index in [9.17, 15) is 9.59 Å². The Morgan fingerprint density at radius 3 is 2.21 bits per heavy atom. The number of amides is 2. The van der Waals surface area contributed by atoms with E-state index in [1.165, 1.54) is 6.92 Å². The minimum Gasteiger partial charge on any atom is -0.357 e. The minimum absolute atomic E-state index is 0.144. The van der Waals surface area contributed by atoms with Crippen LogP contribution in [0.3, 0.4) is 0 Å². The van der Waals surface area contributed by atoms with E-state index in [1.807, 2.05) is 42.5 Å². The maximum Gasteiger partial charge on any atom is 0.242 e. The molecular formula is C19H21ClN2O2. The van der Waals surface area contributed by atoms with E-state index in [0.717, 1.165) is 11.1 Å². The van der Waals surface area contributed by atoms with Crippen LogP contribution < -0.4 is 5.32 Å². The van der Waals surface area contributed by atoms with Crippen LogP contribution in [-0.4, -0.2) is 29.8 Å². The van der Waals surface area contributed by atoms with Gasteiger partial charge in [0, 0.05) is 32.0 Å². The number of carbonyl (C=O) groups is 2. The molecular weight excluding hydrogens is 324 g/mol. The number of carbonyl (C=O) groups excluding carboxylic acids is 2. The smallest absolute Gasteiger partial charge is 0.242 e. The number of rotatable bonds is 6. The van der Waals surface area contributed by atoms with Gasteiger partial charge < -0.3 is 10.2 Å². The zero-order valence-corrected chi connectivity index (χ0v) is 14.6. The number of hydrogen-bond donors (Lipinski definition) is 1. The third-order valence-electron chi connectivity index (χ3n) is 3.87. The lowest BCUT2D eigenvalue weighted by Crippen LogP contribution is -2.49. The number of benzene rings is 2. The highest BCUT2D eigenvalue weighted by atomic mass is 35.5. The lowest BCUT2D eigenvalue weighted by molar-refractivity contribution is -0.139. The fourth-order valence-electron chi connectivity index (χ4n) is 2.58. The number of nitrogens with one attached hydrogen (secondary N) is 1. The van der Waals surface area contributed by atoms with Crippen molar-refractivity contribution in [1.29, 1.82) is 0 Å². The van der Waals surface area contributed by atoms with Gasteiger partial charge in [-0.1, -0.05) is 54.1 Å². The van der Waals surface area contributed by atoms with Gasteiger partial charge in [-0.15, -0.1) is 0 Å². The van der Waals surface area contributed by atoms with Crippen molar-refractivity contribution < 1.29 is 9.59 Å². The molecule has 0 radical (unpaired) electrons. The van der Waals surface area contributed by atoms with Gasteiger partial charge in [0.25, 0.3) is 0 Å². The molecule has 2 aromatic carbocycles. The average Bonchev–Trinajstić information content (AvgIpc) is 2.59. The molecule has 0 aromatic heterocycles. The summed E-state index contributed by atoms with van der Waals surface area (Å²) in [6.07, 6.45) is 0.466. The fraction of sp³-hybridized carbons (Fsp3) is 0.263. The van der Waals surface area contributed by atoms with Gasteiger partial charge in [0.15, 0.2) is 0 Å². The van der Waals surface area contributed by atoms with Crippen LogP contribution in [0.25, 0.3) is 0 Å². The van der Waals surface area contributed by atoms with Gasteiger partial charge in [0.2, 0.25) is 11.8 Å². The molecule has 5 heteroatoms. The Balaban J connectivity index is 2.26. The van der Waals surface area contributed by atoms with Crippen molar-refractivity contribution in [2.45, 2.75) is 25.9 Å². The lowest BCUT2D eigenvalue weighted by Gasteiger charge is -2.30. The van der Waals surface area contributed by atoms with Gasteiger partial charge in [-0.25, -0.2) is 0 Å². The Bertz CT molecular complexity index is 686. The molecule has 2 amide bonds. The van der Waals surface area contributed by atoms with Crippen LogP contribution in [-0.2, 0) is 22.6 Å². The molecule has 1 unspecified atom stereocenters. The first kappa shape index (κ1) is 18.0. The lowest BCUT2D eigenvalue weighted by atomic mass is 10.0. The molecule has 0 aliphatic heterocycles. The summed E-state index contributed by atoms with van der Waals surface area (Å²) in [6, 6.07) is 16.4. The van der Waals surface area contributed by atoms with Gasteiger partial charge in [0.05, 0.1) is 0 Å². The van der Waals surface area contributed by atoms with Crippen LogP contribution in [0, 0.1) is 0 Å². The topological polar surface area (TPSA) is 49.4 Å². The predicted octanol–water partition coefficient (Wildman–Crippen LogP) is 3.05. The second kappa shape index (κ2) is 8.50. The van der Waals surface area contributed by atoms with Crippen molar-refractivity contribution >= 4 is 23.4 Å². The van der Waals surface area contributed by atoms with Crippen LogP contribution in [0.4, 0.5) is 0 Å². The molecule has 24 heavy (non-hydrogen) atoms. The molecule has 1 atom stereocenters. The first-order chi connectivity index (χ1) is 11.5. The average molecular weight is 345 g/mol. The molecule has 2 aromatic rings. The van der Waals surface area contributed by atoms with Crippen molar-refractivity contribution in [3.05, 3.63) is 70.7 Å². The number of nitrogens with zero attached hydrogens (tertiary/aromatic N) is 1. The predicted molar refractivity (Wildman–Crippen MR) is 95.7 cm³/mol. The Hall–Kier alpha value is -2.33. The SMILES string of the molecule is CNC(=O)C(Cc1ccccc1)N(Cc1ccc(Cl)cc1)C(C)=O. The molecule has 1 N–H and O–H groups in total. The van der Waals surface area contributed by atoms with Gasteiger partial charge in [-0.3, -0.25) is 9.59 Å². The zero-order chi connectivity index (χ0) is 17.5. The maximum atomic E-state index is 12.4. The molecule has 0 heterocycles. The van der Waals surface area contributed by atoms with Crippen LogP contribution in [0.15, 0.2) is 54.6 Å². The molecule has 0 spiro atoms. The number of likely N-dealkylation sites (N-methyl/N-ethyl adjacent to an activating group) is 1. The molecule has 0 bridgehead atoms. The van der Waals surface area contributed by atoms with E-state index in [1.54, 1.807) is 24.1 Å².